The number of halogens is 1. The molecule has 0 unspecified atom stereocenters. The van der Waals surface area contributed by atoms with E-state index in [9.17, 15) is 9.18 Å². The van der Waals surface area contributed by atoms with E-state index in [1.54, 1.807) is 12.1 Å². The number of carbonyl (C=O) groups is 1. The smallest absolute Gasteiger partial charge is 0.150 e. The van der Waals surface area contributed by atoms with Crippen molar-refractivity contribution in [3.63, 3.8) is 0 Å². The van der Waals surface area contributed by atoms with Crippen molar-refractivity contribution in [1.29, 1.82) is 0 Å². The number of benzene rings is 1. The first kappa shape index (κ1) is 11.6. The first-order valence-electron chi connectivity index (χ1n) is 5.29. The zero-order chi connectivity index (χ0) is 11.4. The summed E-state index contributed by atoms with van der Waals surface area (Å²) in [6.45, 7) is 1.51. The third-order valence-corrected chi connectivity index (χ3v) is 3.94. The van der Waals surface area contributed by atoms with Crippen molar-refractivity contribution in [3.8, 4) is 0 Å². The van der Waals surface area contributed by atoms with E-state index in [1.165, 1.54) is 17.8 Å². The van der Waals surface area contributed by atoms with Crippen molar-refractivity contribution in [3.05, 3.63) is 29.6 Å². The lowest BCUT2D eigenvalue weighted by molar-refractivity contribution is 0.1000. The minimum atomic E-state index is -0.305. The summed E-state index contributed by atoms with van der Waals surface area (Å²) in [5.41, 5.74) is 0.383. The number of thioether (sulfide) groups is 1. The molecule has 2 rings (SSSR count). The molecule has 0 bridgehead atoms. The zero-order valence-electron chi connectivity index (χ0n) is 8.82. The van der Waals surface area contributed by atoms with Gasteiger partial charge in [0.2, 0.25) is 0 Å². The summed E-state index contributed by atoms with van der Waals surface area (Å²) in [4.78, 5) is 11.1. The lowest BCUT2D eigenvalue weighted by Gasteiger charge is -2.21. The molecule has 1 heterocycles. The number of rotatable bonds is 3. The highest BCUT2D eigenvalue weighted by molar-refractivity contribution is 8.00. The normalized spacial score (nSPS) is 17.3. The number of hydrogen-bond donors (Lipinski definition) is 0. The summed E-state index contributed by atoms with van der Waals surface area (Å²) >= 11 is 1.54. The van der Waals surface area contributed by atoms with Crippen molar-refractivity contribution in [1.82, 2.24) is 0 Å². The van der Waals surface area contributed by atoms with Crippen LogP contribution in [0.1, 0.15) is 23.2 Å². The van der Waals surface area contributed by atoms with E-state index in [0.717, 1.165) is 26.1 Å². The van der Waals surface area contributed by atoms with Crippen molar-refractivity contribution >= 4 is 18.0 Å². The fourth-order valence-electron chi connectivity index (χ4n) is 1.66. The van der Waals surface area contributed by atoms with E-state index >= 15 is 0 Å². The Hall–Kier alpha value is -0.870. The molecule has 0 spiro atoms. The molecule has 4 heteroatoms. The van der Waals surface area contributed by atoms with Gasteiger partial charge in [0.15, 0.2) is 0 Å². The van der Waals surface area contributed by atoms with Gasteiger partial charge >= 0.3 is 0 Å². The molecule has 1 fully saturated rings. The van der Waals surface area contributed by atoms with Gasteiger partial charge in [0, 0.05) is 28.9 Å². The van der Waals surface area contributed by atoms with Crippen molar-refractivity contribution in [2.75, 3.05) is 13.2 Å². The molecular weight excluding hydrogens is 227 g/mol. The fraction of sp³-hybridized carbons (Fsp3) is 0.417. The van der Waals surface area contributed by atoms with Crippen LogP contribution in [0.4, 0.5) is 4.39 Å². The molecule has 0 aromatic heterocycles. The lowest BCUT2D eigenvalue weighted by Crippen LogP contribution is -2.17. The van der Waals surface area contributed by atoms with Crippen LogP contribution in [0, 0.1) is 5.82 Å². The number of carbonyl (C=O) groups excluding carboxylic acids is 1. The molecule has 0 atom stereocenters. The summed E-state index contributed by atoms with van der Waals surface area (Å²) in [6.07, 6.45) is 2.57. The highest BCUT2D eigenvalue weighted by Crippen LogP contribution is 2.31. The summed E-state index contributed by atoms with van der Waals surface area (Å²) < 4.78 is 18.8. The van der Waals surface area contributed by atoms with E-state index in [1.807, 2.05) is 0 Å². The zero-order valence-corrected chi connectivity index (χ0v) is 9.63. The number of ether oxygens (including phenoxy) is 1. The standard InChI is InChI=1S/C12H13FO2S/c13-11-7-9(8-14)1-2-12(11)16-10-3-5-15-6-4-10/h1-2,7-8,10H,3-6H2. The van der Waals surface area contributed by atoms with Crippen molar-refractivity contribution in [2.24, 2.45) is 0 Å². The monoisotopic (exact) mass is 240 g/mol. The van der Waals surface area contributed by atoms with E-state index < -0.39 is 0 Å². The van der Waals surface area contributed by atoms with E-state index in [2.05, 4.69) is 0 Å². The second-order valence-corrected chi connectivity index (χ2v) is 5.08. The van der Waals surface area contributed by atoms with Crippen molar-refractivity contribution in [2.45, 2.75) is 23.0 Å². The van der Waals surface area contributed by atoms with Crippen LogP contribution in [0.25, 0.3) is 0 Å². The third kappa shape index (κ3) is 2.83. The largest absolute Gasteiger partial charge is 0.381 e. The van der Waals surface area contributed by atoms with Crippen LogP contribution in [0.2, 0.25) is 0 Å². The Morgan fingerprint density at radius 3 is 2.75 bits per heavy atom. The second kappa shape index (κ2) is 5.46. The van der Waals surface area contributed by atoms with Gasteiger partial charge in [-0.3, -0.25) is 4.79 Å². The van der Waals surface area contributed by atoms with Gasteiger partial charge in [-0.1, -0.05) is 6.07 Å². The number of hydrogen-bond acceptors (Lipinski definition) is 3. The average Bonchev–Trinajstić information content (AvgIpc) is 2.33. The Balaban J connectivity index is 2.05. The predicted molar refractivity (Wildman–Crippen MR) is 61.5 cm³/mol. The summed E-state index contributed by atoms with van der Waals surface area (Å²) in [5.74, 6) is -0.305. The second-order valence-electron chi connectivity index (χ2n) is 3.74. The Labute approximate surface area is 98.2 Å². The molecule has 0 aliphatic carbocycles. The molecule has 1 saturated heterocycles. The van der Waals surface area contributed by atoms with Crippen LogP contribution in [0.15, 0.2) is 23.1 Å². The Kier molecular flexibility index (Phi) is 3.96. The molecule has 1 aliphatic heterocycles. The van der Waals surface area contributed by atoms with Gasteiger partial charge in [0.25, 0.3) is 0 Å². The third-order valence-electron chi connectivity index (χ3n) is 2.55. The average molecular weight is 240 g/mol. The Morgan fingerprint density at radius 2 is 2.12 bits per heavy atom. The SMILES string of the molecule is O=Cc1ccc(SC2CCOCC2)c(F)c1. The number of aldehydes is 1. The summed E-state index contributed by atoms with van der Waals surface area (Å²) in [7, 11) is 0. The van der Waals surface area contributed by atoms with Crippen LogP contribution >= 0.6 is 11.8 Å². The maximum Gasteiger partial charge on any atom is 0.150 e. The molecule has 16 heavy (non-hydrogen) atoms. The molecule has 2 nitrogen and oxygen atoms in total. The van der Waals surface area contributed by atoms with E-state index in [0.29, 0.717) is 22.0 Å². The molecule has 0 saturated carbocycles. The van der Waals surface area contributed by atoms with Crippen LogP contribution in [-0.2, 0) is 4.74 Å². The van der Waals surface area contributed by atoms with Crippen molar-refractivity contribution < 1.29 is 13.9 Å². The molecule has 1 aliphatic rings. The quantitative estimate of drug-likeness (QED) is 0.760. The maximum absolute atomic E-state index is 13.6. The summed E-state index contributed by atoms with van der Waals surface area (Å²) in [6, 6.07) is 4.62. The topological polar surface area (TPSA) is 26.3 Å². The Morgan fingerprint density at radius 1 is 1.38 bits per heavy atom. The highest BCUT2D eigenvalue weighted by Gasteiger charge is 2.16. The van der Waals surface area contributed by atoms with Gasteiger partial charge in [0.1, 0.15) is 12.1 Å². The molecule has 0 amide bonds. The van der Waals surface area contributed by atoms with Crippen LogP contribution in [-0.4, -0.2) is 24.7 Å². The highest BCUT2D eigenvalue weighted by atomic mass is 32.2. The summed E-state index contributed by atoms with van der Waals surface area (Å²) in [5, 5.41) is 0.422. The minimum Gasteiger partial charge on any atom is -0.381 e. The Bertz CT molecular complexity index is 375. The van der Waals surface area contributed by atoms with E-state index in [4.69, 9.17) is 4.74 Å². The van der Waals surface area contributed by atoms with Crippen LogP contribution in [0.3, 0.4) is 0 Å². The molecular formula is C12H13FO2S. The lowest BCUT2D eigenvalue weighted by atomic mass is 10.2. The van der Waals surface area contributed by atoms with Gasteiger partial charge in [0.05, 0.1) is 0 Å². The molecule has 0 N–H and O–H groups in total. The minimum absolute atomic E-state index is 0.305. The molecule has 1 aromatic rings. The molecule has 86 valence electrons. The van der Waals surface area contributed by atoms with Gasteiger partial charge in [-0.2, -0.15) is 0 Å². The van der Waals surface area contributed by atoms with Gasteiger partial charge < -0.3 is 4.74 Å². The first-order valence-corrected chi connectivity index (χ1v) is 6.16. The predicted octanol–water partition coefficient (Wildman–Crippen LogP) is 2.91. The molecule has 0 radical (unpaired) electrons. The van der Waals surface area contributed by atoms with Gasteiger partial charge in [-0.05, 0) is 25.0 Å². The molecule has 1 aromatic carbocycles. The van der Waals surface area contributed by atoms with Gasteiger partial charge in [-0.25, -0.2) is 4.39 Å². The first-order chi connectivity index (χ1) is 7.79. The maximum atomic E-state index is 13.6. The van der Waals surface area contributed by atoms with Crippen LogP contribution < -0.4 is 0 Å². The fourth-order valence-corrected chi connectivity index (χ4v) is 2.76. The van der Waals surface area contributed by atoms with E-state index in [-0.39, 0.29) is 5.82 Å². The van der Waals surface area contributed by atoms with Crippen LogP contribution in [0.5, 0.6) is 0 Å². The van der Waals surface area contributed by atoms with Gasteiger partial charge in [-0.15, -0.1) is 11.8 Å².